The third-order valence-electron chi connectivity index (χ3n) is 5.19. The monoisotopic (exact) mass is 405 g/mol. The molecule has 28 heavy (non-hydrogen) atoms. The van der Waals surface area contributed by atoms with E-state index in [1.165, 1.54) is 29.4 Å². The van der Waals surface area contributed by atoms with Gasteiger partial charge in [-0.1, -0.05) is 19.9 Å². The van der Waals surface area contributed by atoms with E-state index in [0.717, 1.165) is 43.0 Å². The number of rotatable bonds is 5. The Balaban J connectivity index is 0.00000109. The maximum atomic E-state index is 14.3. The topological polar surface area (TPSA) is 41.3 Å². The predicted octanol–water partition coefficient (Wildman–Crippen LogP) is 4.78. The number of halogens is 2. The Labute approximate surface area is 170 Å². The van der Waals surface area contributed by atoms with Gasteiger partial charge in [-0.15, -0.1) is 11.8 Å². The average Bonchev–Trinajstić information content (AvgIpc) is 2.89. The second-order valence-electron chi connectivity index (χ2n) is 6.82. The molecular weight excluding hydrogens is 376 g/mol. The SMILES string of the molecule is CC.NCNCC[C@H]1Cc2cc(-c3c(F)cccc3F)cc3c2N1CCCS3. The molecule has 2 aromatic rings. The lowest BCUT2D eigenvalue weighted by molar-refractivity contribution is 0.541. The van der Waals surface area contributed by atoms with Crippen LogP contribution in [0.4, 0.5) is 14.5 Å². The van der Waals surface area contributed by atoms with Crippen LogP contribution in [0.1, 0.15) is 32.3 Å². The molecule has 152 valence electrons. The Bertz CT molecular complexity index is 792. The molecule has 3 N–H and O–H groups in total. The Kier molecular flexibility index (Phi) is 7.32. The van der Waals surface area contributed by atoms with Crippen molar-refractivity contribution in [3.63, 3.8) is 0 Å². The zero-order chi connectivity index (χ0) is 20.1. The van der Waals surface area contributed by atoms with Gasteiger partial charge in [0.15, 0.2) is 0 Å². The third-order valence-corrected chi connectivity index (χ3v) is 6.30. The minimum atomic E-state index is -0.505. The van der Waals surface area contributed by atoms with Crippen molar-refractivity contribution >= 4 is 17.4 Å². The Morgan fingerprint density at radius 3 is 2.68 bits per heavy atom. The summed E-state index contributed by atoms with van der Waals surface area (Å²) in [6, 6.07) is 8.42. The highest BCUT2D eigenvalue weighted by atomic mass is 32.2. The third kappa shape index (κ3) is 4.19. The summed E-state index contributed by atoms with van der Waals surface area (Å²) in [4.78, 5) is 3.64. The second-order valence-corrected chi connectivity index (χ2v) is 7.96. The molecule has 0 aromatic heterocycles. The molecule has 0 radical (unpaired) electrons. The average molecular weight is 406 g/mol. The van der Waals surface area contributed by atoms with Crippen LogP contribution in [0.25, 0.3) is 11.1 Å². The molecule has 0 spiro atoms. The van der Waals surface area contributed by atoms with Gasteiger partial charge in [0.25, 0.3) is 0 Å². The van der Waals surface area contributed by atoms with Crippen LogP contribution in [-0.4, -0.2) is 31.6 Å². The zero-order valence-electron chi connectivity index (χ0n) is 16.6. The van der Waals surface area contributed by atoms with Crippen molar-refractivity contribution in [2.75, 3.05) is 30.4 Å². The van der Waals surface area contributed by atoms with Crippen LogP contribution < -0.4 is 16.0 Å². The molecule has 1 atom stereocenters. The minimum Gasteiger partial charge on any atom is -0.367 e. The van der Waals surface area contributed by atoms with Crippen LogP contribution >= 0.6 is 11.8 Å². The molecule has 2 heterocycles. The fourth-order valence-electron chi connectivity index (χ4n) is 4.06. The first-order valence-electron chi connectivity index (χ1n) is 10.1. The highest BCUT2D eigenvalue weighted by molar-refractivity contribution is 7.99. The number of nitrogens with one attached hydrogen (secondary N) is 1. The number of thioether (sulfide) groups is 1. The number of anilines is 1. The molecule has 0 amide bonds. The fraction of sp³-hybridized carbons (Fsp3) is 0.455. The molecule has 2 aliphatic rings. The van der Waals surface area contributed by atoms with Crippen molar-refractivity contribution in [3.8, 4) is 11.1 Å². The van der Waals surface area contributed by atoms with Crippen molar-refractivity contribution in [1.82, 2.24) is 5.32 Å². The van der Waals surface area contributed by atoms with E-state index in [2.05, 4.69) is 10.2 Å². The number of nitrogens with zero attached hydrogens (tertiary/aromatic N) is 1. The van der Waals surface area contributed by atoms with E-state index >= 15 is 0 Å². The molecule has 2 aliphatic heterocycles. The van der Waals surface area contributed by atoms with Crippen molar-refractivity contribution in [3.05, 3.63) is 47.5 Å². The van der Waals surface area contributed by atoms with Crippen LogP contribution in [-0.2, 0) is 6.42 Å². The molecule has 6 heteroatoms. The smallest absolute Gasteiger partial charge is 0.133 e. The van der Waals surface area contributed by atoms with E-state index in [1.54, 1.807) is 11.8 Å². The van der Waals surface area contributed by atoms with E-state index in [1.807, 2.05) is 26.0 Å². The number of benzene rings is 2. The van der Waals surface area contributed by atoms with Crippen molar-refractivity contribution in [2.24, 2.45) is 5.73 Å². The number of hydrogen-bond donors (Lipinski definition) is 2. The minimum absolute atomic E-state index is 0.0798. The maximum Gasteiger partial charge on any atom is 0.133 e. The lowest BCUT2D eigenvalue weighted by atomic mass is 9.99. The lowest BCUT2D eigenvalue weighted by Crippen LogP contribution is -2.36. The maximum absolute atomic E-state index is 14.3. The van der Waals surface area contributed by atoms with Crippen molar-refractivity contribution < 1.29 is 8.78 Å². The molecule has 0 saturated carbocycles. The summed E-state index contributed by atoms with van der Waals surface area (Å²) in [5.41, 5.74) is 8.73. The lowest BCUT2D eigenvalue weighted by Gasteiger charge is -2.27. The van der Waals surface area contributed by atoms with Gasteiger partial charge < -0.3 is 16.0 Å². The summed E-state index contributed by atoms with van der Waals surface area (Å²) < 4.78 is 28.6. The van der Waals surface area contributed by atoms with Gasteiger partial charge >= 0.3 is 0 Å². The highest BCUT2D eigenvalue weighted by Gasteiger charge is 2.33. The first-order valence-corrected chi connectivity index (χ1v) is 11.1. The van der Waals surface area contributed by atoms with Gasteiger partial charge in [0.05, 0.1) is 11.3 Å². The molecule has 0 saturated heterocycles. The zero-order valence-corrected chi connectivity index (χ0v) is 17.4. The Morgan fingerprint density at radius 1 is 1.21 bits per heavy atom. The van der Waals surface area contributed by atoms with Gasteiger partial charge in [0.1, 0.15) is 11.6 Å². The van der Waals surface area contributed by atoms with Crippen LogP contribution in [0.15, 0.2) is 35.2 Å². The highest BCUT2D eigenvalue weighted by Crippen LogP contribution is 2.46. The van der Waals surface area contributed by atoms with E-state index < -0.39 is 11.6 Å². The summed E-state index contributed by atoms with van der Waals surface area (Å²) in [6.07, 6.45) is 3.04. The quantitative estimate of drug-likeness (QED) is 0.555. The van der Waals surface area contributed by atoms with E-state index in [9.17, 15) is 8.78 Å². The second kappa shape index (κ2) is 9.72. The molecule has 0 unspecified atom stereocenters. The number of nitrogens with two attached hydrogens (primary N) is 1. The summed E-state index contributed by atoms with van der Waals surface area (Å²) in [6.45, 7) is 6.40. The molecule has 4 rings (SSSR count). The summed E-state index contributed by atoms with van der Waals surface area (Å²) in [5, 5.41) is 3.19. The molecule has 3 nitrogen and oxygen atoms in total. The van der Waals surface area contributed by atoms with E-state index in [-0.39, 0.29) is 5.56 Å². The van der Waals surface area contributed by atoms with Gasteiger partial charge in [0.2, 0.25) is 0 Å². The molecular formula is C22H29F2N3S. The molecule has 0 fully saturated rings. The molecule has 0 bridgehead atoms. The Hall–Kier alpha value is -1.63. The Morgan fingerprint density at radius 2 is 1.96 bits per heavy atom. The van der Waals surface area contributed by atoms with E-state index in [0.29, 0.717) is 18.3 Å². The van der Waals surface area contributed by atoms with Crippen LogP contribution in [0, 0.1) is 11.6 Å². The largest absolute Gasteiger partial charge is 0.367 e. The summed E-state index contributed by atoms with van der Waals surface area (Å²) >= 11 is 1.80. The number of hydrogen-bond acceptors (Lipinski definition) is 4. The molecule has 2 aromatic carbocycles. The van der Waals surface area contributed by atoms with Crippen LogP contribution in [0.5, 0.6) is 0 Å². The first kappa shape index (κ1) is 21.1. The van der Waals surface area contributed by atoms with Crippen molar-refractivity contribution in [2.45, 2.75) is 44.0 Å². The first-order chi connectivity index (χ1) is 13.7. The van der Waals surface area contributed by atoms with Gasteiger partial charge in [-0.05, 0) is 67.0 Å². The summed E-state index contributed by atoms with van der Waals surface area (Å²) in [5.74, 6) is 0.0172. The van der Waals surface area contributed by atoms with Crippen LogP contribution in [0.2, 0.25) is 0 Å². The van der Waals surface area contributed by atoms with Gasteiger partial charge in [-0.2, -0.15) is 0 Å². The van der Waals surface area contributed by atoms with Crippen molar-refractivity contribution in [1.29, 1.82) is 0 Å². The van der Waals surface area contributed by atoms with Gasteiger partial charge in [-0.25, -0.2) is 8.78 Å². The van der Waals surface area contributed by atoms with E-state index in [4.69, 9.17) is 5.73 Å². The predicted molar refractivity (Wildman–Crippen MR) is 115 cm³/mol. The fourth-order valence-corrected chi connectivity index (χ4v) is 5.15. The van der Waals surface area contributed by atoms with Gasteiger partial charge in [0, 0.05) is 24.2 Å². The molecule has 0 aliphatic carbocycles. The van der Waals surface area contributed by atoms with Gasteiger partial charge in [-0.3, -0.25) is 0 Å². The van der Waals surface area contributed by atoms with Crippen LogP contribution in [0.3, 0.4) is 0 Å². The normalized spacial score (nSPS) is 17.6. The summed E-state index contributed by atoms with van der Waals surface area (Å²) in [7, 11) is 0. The standard InChI is InChI=1S/C20H23F2N3S.C2H6/c21-16-3-1-4-17(22)19(16)13-9-14-10-15(5-6-24-12-23)25-7-2-8-26-18(11-13)20(14)25;1-2/h1,3-4,9,11,15,24H,2,5-8,10,12,23H2;1-2H3/t15-;/m0./s1.